The van der Waals surface area contributed by atoms with Gasteiger partial charge in [0.2, 0.25) is 0 Å². The number of unbranched alkanes of at least 4 members (excludes halogenated alkanes) is 1. The molecule has 19 heavy (non-hydrogen) atoms. The first kappa shape index (κ1) is 14.7. The van der Waals surface area contributed by atoms with Crippen LogP contribution in [0.25, 0.3) is 0 Å². The van der Waals surface area contributed by atoms with Gasteiger partial charge in [-0.15, -0.1) is 0 Å². The Kier molecular flexibility index (Phi) is 6.00. The van der Waals surface area contributed by atoms with Gasteiger partial charge in [-0.3, -0.25) is 4.98 Å². The maximum atomic E-state index is 4.37. The molecule has 0 saturated heterocycles. The molecule has 0 atom stereocenters. The maximum absolute atomic E-state index is 4.37. The Morgan fingerprint density at radius 2 is 2.16 bits per heavy atom. The summed E-state index contributed by atoms with van der Waals surface area (Å²) in [6, 6.07) is 2.02. The van der Waals surface area contributed by atoms with Crippen LogP contribution in [-0.4, -0.2) is 21.1 Å². The largest absolute Gasteiger partial charge is 0.337 e. The topological polar surface area (TPSA) is 42.7 Å². The second-order valence-electron chi connectivity index (χ2n) is 4.27. The highest BCUT2D eigenvalue weighted by Gasteiger charge is 2.01. The van der Waals surface area contributed by atoms with Crippen molar-refractivity contribution >= 4 is 31.9 Å². The van der Waals surface area contributed by atoms with E-state index >= 15 is 0 Å². The van der Waals surface area contributed by atoms with Gasteiger partial charge in [0.15, 0.2) is 0 Å². The van der Waals surface area contributed by atoms with Crippen LogP contribution in [0.2, 0.25) is 0 Å². The molecule has 0 aliphatic carbocycles. The van der Waals surface area contributed by atoms with Crippen LogP contribution >= 0.6 is 31.9 Å². The lowest BCUT2D eigenvalue weighted by molar-refractivity contribution is 0.565. The molecule has 2 rings (SSSR count). The van der Waals surface area contributed by atoms with E-state index < -0.39 is 0 Å². The Balaban J connectivity index is 1.61. The van der Waals surface area contributed by atoms with Crippen molar-refractivity contribution in [1.29, 1.82) is 0 Å². The summed E-state index contributed by atoms with van der Waals surface area (Å²) in [7, 11) is 0. The number of halogens is 2. The fraction of sp³-hybridized carbons (Fsp3) is 0.385. The third-order valence-corrected chi connectivity index (χ3v) is 3.88. The average molecular weight is 388 g/mol. The van der Waals surface area contributed by atoms with Crippen molar-refractivity contribution < 1.29 is 0 Å². The van der Waals surface area contributed by atoms with Gasteiger partial charge in [0, 0.05) is 40.6 Å². The zero-order valence-corrected chi connectivity index (χ0v) is 13.7. The number of hydrogen-bond donors (Lipinski definition) is 1. The lowest BCUT2D eigenvalue weighted by atomic mass is 10.3. The minimum atomic E-state index is 0.791. The van der Waals surface area contributed by atoms with Crippen molar-refractivity contribution in [1.82, 2.24) is 19.9 Å². The summed E-state index contributed by atoms with van der Waals surface area (Å²) >= 11 is 6.91. The van der Waals surface area contributed by atoms with E-state index in [1.165, 1.54) is 0 Å². The molecule has 6 heteroatoms. The van der Waals surface area contributed by atoms with E-state index in [4.69, 9.17) is 0 Å². The smallest absolute Gasteiger partial charge is 0.0945 e. The zero-order valence-electron chi connectivity index (χ0n) is 10.5. The summed E-state index contributed by atoms with van der Waals surface area (Å²) in [5, 5.41) is 3.41. The lowest BCUT2D eigenvalue weighted by Gasteiger charge is -2.07. The number of imidazole rings is 1. The van der Waals surface area contributed by atoms with Crippen molar-refractivity contribution in [3.8, 4) is 0 Å². The van der Waals surface area contributed by atoms with Crippen LogP contribution in [0.1, 0.15) is 18.5 Å². The van der Waals surface area contributed by atoms with Gasteiger partial charge in [-0.05, 0) is 57.3 Å². The highest BCUT2D eigenvalue weighted by Crippen LogP contribution is 2.19. The molecule has 4 nitrogen and oxygen atoms in total. The molecular weight excluding hydrogens is 372 g/mol. The second-order valence-corrected chi connectivity index (χ2v) is 6.04. The van der Waals surface area contributed by atoms with Crippen LogP contribution in [0.4, 0.5) is 0 Å². The highest BCUT2D eigenvalue weighted by atomic mass is 79.9. The summed E-state index contributed by atoms with van der Waals surface area (Å²) in [6.07, 6.45) is 9.78. The van der Waals surface area contributed by atoms with Crippen LogP contribution in [0.15, 0.2) is 39.9 Å². The van der Waals surface area contributed by atoms with Gasteiger partial charge in [-0.1, -0.05) is 0 Å². The fourth-order valence-electron chi connectivity index (χ4n) is 1.74. The first-order valence-corrected chi connectivity index (χ1v) is 7.80. The molecule has 0 saturated carbocycles. The third-order valence-electron chi connectivity index (χ3n) is 2.76. The number of aromatic nitrogens is 3. The molecule has 0 aliphatic rings. The van der Waals surface area contributed by atoms with Gasteiger partial charge in [0.1, 0.15) is 0 Å². The third kappa shape index (κ3) is 5.04. The zero-order chi connectivity index (χ0) is 13.5. The molecule has 2 aromatic heterocycles. The number of aryl methyl sites for hydroxylation is 1. The van der Waals surface area contributed by atoms with Crippen molar-refractivity contribution in [2.45, 2.75) is 25.9 Å². The first-order valence-electron chi connectivity index (χ1n) is 6.22. The molecule has 0 spiro atoms. The Hall–Kier alpha value is -0.720. The molecule has 0 amide bonds. The number of pyridine rings is 1. The van der Waals surface area contributed by atoms with E-state index in [0.717, 1.165) is 47.1 Å². The predicted molar refractivity (Wildman–Crippen MR) is 82.8 cm³/mol. The standard InChI is InChI=1S/C13H16Br2N4/c14-11-7-12(15)13(18-8-11)9-16-3-1-2-5-19-6-4-17-10-19/h4,6-8,10,16H,1-3,5,9H2. The molecule has 2 aromatic rings. The van der Waals surface area contributed by atoms with Gasteiger partial charge in [-0.2, -0.15) is 0 Å². The maximum Gasteiger partial charge on any atom is 0.0945 e. The molecule has 0 unspecified atom stereocenters. The summed E-state index contributed by atoms with van der Waals surface area (Å²) in [5.74, 6) is 0. The highest BCUT2D eigenvalue weighted by molar-refractivity contribution is 9.11. The fourth-order valence-corrected chi connectivity index (χ4v) is 2.87. The minimum absolute atomic E-state index is 0.791. The quantitative estimate of drug-likeness (QED) is 0.740. The lowest BCUT2D eigenvalue weighted by Crippen LogP contribution is -2.16. The number of hydrogen-bond acceptors (Lipinski definition) is 3. The summed E-state index contributed by atoms with van der Waals surface area (Å²) in [6.45, 7) is 2.82. The van der Waals surface area contributed by atoms with E-state index in [2.05, 4.69) is 51.7 Å². The van der Waals surface area contributed by atoms with Gasteiger partial charge >= 0.3 is 0 Å². The van der Waals surface area contributed by atoms with E-state index in [-0.39, 0.29) is 0 Å². The SMILES string of the molecule is Brc1cnc(CNCCCCn2ccnc2)c(Br)c1. The van der Waals surface area contributed by atoms with Crippen LogP contribution in [-0.2, 0) is 13.1 Å². The number of nitrogens with one attached hydrogen (secondary N) is 1. The molecule has 0 radical (unpaired) electrons. The van der Waals surface area contributed by atoms with Crippen LogP contribution < -0.4 is 5.32 Å². The second kappa shape index (κ2) is 7.77. The van der Waals surface area contributed by atoms with E-state index in [1.54, 1.807) is 0 Å². The van der Waals surface area contributed by atoms with Crippen molar-refractivity contribution in [3.63, 3.8) is 0 Å². The van der Waals surface area contributed by atoms with Crippen molar-refractivity contribution in [3.05, 3.63) is 45.6 Å². The van der Waals surface area contributed by atoms with Crippen LogP contribution in [0.3, 0.4) is 0 Å². The van der Waals surface area contributed by atoms with Gasteiger partial charge in [-0.25, -0.2) is 4.98 Å². The van der Waals surface area contributed by atoms with Gasteiger partial charge in [0.05, 0.1) is 12.0 Å². The normalized spacial score (nSPS) is 10.8. The summed E-state index contributed by atoms with van der Waals surface area (Å²) in [4.78, 5) is 8.39. The van der Waals surface area contributed by atoms with Crippen molar-refractivity contribution in [2.24, 2.45) is 0 Å². The van der Waals surface area contributed by atoms with E-state index in [9.17, 15) is 0 Å². The van der Waals surface area contributed by atoms with Gasteiger partial charge in [0.25, 0.3) is 0 Å². The Labute approximate surface area is 129 Å². The van der Waals surface area contributed by atoms with Crippen molar-refractivity contribution in [2.75, 3.05) is 6.54 Å². The molecule has 102 valence electrons. The van der Waals surface area contributed by atoms with Crippen LogP contribution in [0.5, 0.6) is 0 Å². The predicted octanol–water partition coefficient (Wildman–Crippen LogP) is 3.37. The number of rotatable bonds is 7. The average Bonchev–Trinajstić information content (AvgIpc) is 2.89. The summed E-state index contributed by atoms with van der Waals surface area (Å²) in [5.41, 5.74) is 1.04. The molecule has 0 fully saturated rings. The van der Waals surface area contributed by atoms with Gasteiger partial charge < -0.3 is 9.88 Å². The Morgan fingerprint density at radius 3 is 2.89 bits per heavy atom. The number of nitrogens with zero attached hydrogens (tertiary/aromatic N) is 3. The summed E-state index contributed by atoms with van der Waals surface area (Å²) < 4.78 is 4.13. The minimum Gasteiger partial charge on any atom is -0.337 e. The Morgan fingerprint density at radius 1 is 1.26 bits per heavy atom. The molecule has 0 aliphatic heterocycles. The van der Waals surface area contributed by atoms with E-state index in [1.807, 2.05) is 31.0 Å². The molecule has 1 N–H and O–H groups in total. The van der Waals surface area contributed by atoms with E-state index in [0.29, 0.717) is 0 Å². The monoisotopic (exact) mass is 386 g/mol. The molecule has 2 heterocycles. The molecule has 0 aromatic carbocycles. The van der Waals surface area contributed by atoms with Crippen LogP contribution in [0, 0.1) is 0 Å². The first-order chi connectivity index (χ1) is 9.25. The molecule has 0 bridgehead atoms. The Bertz CT molecular complexity index is 499. The molecular formula is C13H16Br2N4.